The zero-order chi connectivity index (χ0) is 13.7. The Morgan fingerprint density at radius 1 is 1.47 bits per heavy atom. The molecule has 1 heterocycles. The van der Waals surface area contributed by atoms with Crippen molar-refractivity contribution in [3.05, 3.63) is 45.4 Å². The van der Waals surface area contributed by atoms with E-state index in [4.69, 9.17) is 11.6 Å². The minimum atomic E-state index is -0.146. The number of carbonyl (C=O) groups excluding carboxylic acids is 1. The van der Waals surface area contributed by atoms with Crippen LogP contribution in [0, 0.1) is 0 Å². The van der Waals surface area contributed by atoms with Crippen LogP contribution in [0.3, 0.4) is 0 Å². The predicted octanol–water partition coefficient (Wildman–Crippen LogP) is 2.58. The van der Waals surface area contributed by atoms with E-state index in [1.165, 1.54) is 6.33 Å². The van der Waals surface area contributed by atoms with Crippen LogP contribution in [0.2, 0.25) is 5.02 Å². The van der Waals surface area contributed by atoms with Crippen molar-refractivity contribution in [1.29, 1.82) is 0 Å². The molecule has 0 spiro atoms. The molecule has 0 aliphatic rings. The van der Waals surface area contributed by atoms with E-state index in [1.807, 2.05) is 0 Å². The first-order valence-corrected chi connectivity index (χ1v) is 6.91. The van der Waals surface area contributed by atoms with Gasteiger partial charge in [0.1, 0.15) is 12.2 Å². The third kappa shape index (κ3) is 4.04. The summed E-state index contributed by atoms with van der Waals surface area (Å²) in [6.07, 6.45) is 3.01. The molecular weight excluding hydrogens is 332 g/mol. The molecule has 0 aliphatic carbocycles. The lowest BCUT2D eigenvalue weighted by Gasteiger charge is -2.06. The van der Waals surface area contributed by atoms with Crippen molar-refractivity contribution < 1.29 is 4.79 Å². The van der Waals surface area contributed by atoms with E-state index in [2.05, 4.69) is 36.4 Å². The van der Waals surface area contributed by atoms with E-state index in [-0.39, 0.29) is 5.91 Å². The van der Waals surface area contributed by atoms with Crippen LogP contribution in [0.15, 0.2) is 29.0 Å². The van der Waals surface area contributed by atoms with Crippen LogP contribution >= 0.6 is 27.5 Å². The quantitative estimate of drug-likeness (QED) is 0.820. The second-order valence-corrected chi connectivity index (χ2v) is 5.21. The Morgan fingerprint density at radius 2 is 2.32 bits per heavy atom. The third-order valence-corrected chi connectivity index (χ3v) is 3.44. The summed E-state index contributed by atoms with van der Waals surface area (Å²) in [5.74, 6) is 0.671. The second kappa shape index (κ2) is 6.68. The largest absolute Gasteiger partial charge is 0.352 e. The lowest BCUT2D eigenvalue weighted by atomic mass is 10.2. The number of hydrogen-bond acceptors (Lipinski definition) is 3. The monoisotopic (exact) mass is 342 g/mol. The van der Waals surface area contributed by atoms with Crippen molar-refractivity contribution in [2.45, 2.75) is 12.8 Å². The number of aromatic nitrogens is 3. The van der Waals surface area contributed by atoms with E-state index >= 15 is 0 Å². The topological polar surface area (TPSA) is 70.7 Å². The van der Waals surface area contributed by atoms with E-state index in [9.17, 15) is 4.79 Å². The molecule has 1 aromatic heterocycles. The Hall–Kier alpha value is -1.40. The smallest absolute Gasteiger partial charge is 0.252 e. The van der Waals surface area contributed by atoms with E-state index < -0.39 is 0 Å². The molecule has 0 aliphatic heterocycles. The van der Waals surface area contributed by atoms with Gasteiger partial charge < -0.3 is 5.32 Å². The molecule has 1 amide bonds. The number of hydrogen-bond donors (Lipinski definition) is 2. The van der Waals surface area contributed by atoms with Gasteiger partial charge >= 0.3 is 0 Å². The van der Waals surface area contributed by atoms with Gasteiger partial charge in [0.25, 0.3) is 5.91 Å². The summed E-state index contributed by atoms with van der Waals surface area (Å²) in [6, 6.07) is 5.12. The number of halogens is 2. The Morgan fingerprint density at radius 3 is 3.05 bits per heavy atom. The van der Waals surface area contributed by atoms with Crippen molar-refractivity contribution in [1.82, 2.24) is 20.5 Å². The van der Waals surface area contributed by atoms with Crippen molar-refractivity contribution >= 4 is 33.4 Å². The summed E-state index contributed by atoms with van der Waals surface area (Å²) < 4.78 is 0.727. The highest BCUT2D eigenvalue weighted by Crippen LogP contribution is 2.20. The fourth-order valence-electron chi connectivity index (χ4n) is 1.58. The molecule has 19 heavy (non-hydrogen) atoms. The Bertz CT molecular complexity index is 559. The van der Waals surface area contributed by atoms with Crippen molar-refractivity contribution in [3.63, 3.8) is 0 Å². The predicted molar refractivity (Wildman–Crippen MR) is 76.2 cm³/mol. The molecule has 100 valence electrons. The average Bonchev–Trinajstić information content (AvgIpc) is 2.90. The number of amides is 1. The first kappa shape index (κ1) is 14.0. The molecule has 0 fully saturated rings. The molecule has 0 saturated carbocycles. The van der Waals surface area contributed by atoms with Gasteiger partial charge in [0.15, 0.2) is 0 Å². The van der Waals surface area contributed by atoms with Crippen molar-refractivity contribution in [2.75, 3.05) is 6.54 Å². The Balaban J connectivity index is 1.82. The number of carbonyl (C=O) groups is 1. The maximum Gasteiger partial charge on any atom is 0.252 e. The maximum absolute atomic E-state index is 11.9. The van der Waals surface area contributed by atoms with Crippen molar-refractivity contribution in [3.8, 4) is 0 Å². The highest BCUT2D eigenvalue weighted by molar-refractivity contribution is 9.10. The standard InChI is InChI=1S/C12H12BrClN4O/c13-10-4-3-8(14)6-9(10)12(19)15-5-1-2-11-16-7-17-18-11/h3-4,6-7H,1-2,5H2,(H,15,19)(H,16,17,18). The lowest BCUT2D eigenvalue weighted by Crippen LogP contribution is -2.25. The summed E-state index contributed by atoms with van der Waals surface area (Å²) in [5.41, 5.74) is 0.534. The van der Waals surface area contributed by atoms with Gasteiger partial charge in [-0.1, -0.05) is 11.6 Å². The lowest BCUT2D eigenvalue weighted by molar-refractivity contribution is 0.0952. The van der Waals surface area contributed by atoms with Crippen LogP contribution in [0.4, 0.5) is 0 Å². The van der Waals surface area contributed by atoms with Gasteiger partial charge in [-0.05, 0) is 40.5 Å². The number of aryl methyl sites for hydroxylation is 1. The summed E-state index contributed by atoms with van der Waals surface area (Å²) in [4.78, 5) is 16.0. The summed E-state index contributed by atoms with van der Waals surface area (Å²) in [7, 11) is 0. The van der Waals surface area contributed by atoms with Gasteiger partial charge in [0.2, 0.25) is 0 Å². The van der Waals surface area contributed by atoms with Gasteiger partial charge in [0.05, 0.1) is 5.56 Å². The highest BCUT2D eigenvalue weighted by Gasteiger charge is 2.09. The van der Waals surface area contributed by atoms with Crippen LogP contribution in [-0.2, 0) is 6.42 Å². The first-order valence-electron chi connectivity index (χ1n) is 5.74. The van der Waals surface area contributed by atoms with Gasteiger partial charge in [-0.3, -0.25) is 9.89 Å². The zero-order valence-electron chi connectivity index (χ0n) is 9.99. The first-order chi connectivity index (χ1) is 9.16. The van der Waals surface area contributed by atoms with Gasteiger partial charge in [-0.25, -0.2) is 4.98 Å². The molecule has 2 rings (SSSR count). The molecule has 0 atom stereocenters. The van der Waals surface area contributed by atoms with Crippen LogP contribution in [0.5, 0.6) is 0 Å². The molecule has 0 unspecified atom stereocenters. The summed E-state index contributed by atoms with van der Waals surface area (Å²) in [6.45, 7) is 0.568. The number of aromatic amines is 1. The fraction of sp³-hybridized carbons (Fsp3) is 0.250. The zero-order valence-corrected chi connectivity index (χ0v) is 12.3. The molecule has 0 radical (unpaired) electrons. The summed E-state index contributed by atoms with van der Waals surface area (Å²) in [5, 5.41) is 9.91. The van der Waals surface area contributed by atoms with Crippen LogP contribution in [0.1, 0.15) is 22.6 Å². The number of rotatable bonds is 5. The molecule has 0 bridgehead atoms. The molecule has 7 heteroatoms. The average molecular weight is 344 g/mol. The number of benzene rings is 1. The second-order valence-electron chi connectivity index (χ2n) is 3.92. The number of H-pyrrole nitrogens is 1. The molecule has 2 aromatic rings. The molecule has 0 saturated heterocycles. The van der Waals surface area contributed by atoms with E-state index in [0.29, 0.717) is 17.1 Å². The highest BCUT2D eigenvalue weighted by atomic mass is 79.9. The van der Waals surface area contributed by atoms with E-state index in [1.54, 1.807) is 18.2 Å². The number of nitrogens with zero attached hydrogens (tertiary/aromatic N) is 2. The van der Waals surface area contributed by atoms with Crippen LogP contribution < -0.4 is 5.32 Å². The van der Waals surface area contributed by atoms with Crippen LogP contribution in [-0.4, -0.2) is 27.6 Å². The summed E-state index contributed by atoms with van der Waals surface area (Å²) >= 11 is 9.20. The normalized spacial score (nSPS) is 10.4. The molecule has 1 aromatic carbocycles. The van der Waals surface area contributed by atoms with E-state index in [0.717, 1.165) is 23.1 Å². The van der Waals surface area contributed by atoms with Gasteiger partial charge in [-0.2, -0.15) is 5.10 Å². The molecule has 2 N–H and O–H groups in total. The fourth-order valence-corrected chi connectivity index (χ4v) is 2.17. The van der Waals surface area contributed by atoms with Crippen LogP contribution in [0.25, 0.3) is 0 Å². The SMILES string of the molecule is O=C(NCCCc1ncn[nH]1)c1cc(Cl)ccc1Br. The third-order valence-electron chi connectivity index (χ3n) is 2.51. The number of nitrogens with one attached hydrogen (secondary N) is 2. The Labute approximate surface area is 123 Å². The molecule has 5 nitrogen and oxygen atoms in total. The maximum atomic E-state index is 11.9. The Kier molecular flexibility index (Phi) is 4.93. The minimum absolute atomic E-state index is 0.146. The minimum Gasteiger partial charge on any atom is -0.352 e. The van der Waals surface area contributed by atoms with Gasteiger partial charge in [0, 0.05) is 22.5 Å². The van der Waals surface area contributed by atoms with Gasteiger partial charge in [-0.15, -0.1) is 0 Å². The van der Waals surface area contributed by atoms with Crippen molar-refractivity contribution in [2.24, 2.45) is 0 Å². The molecular formula is C12H12BrClN4O.